The third-order valence-electron chi connectivity index (χ3n) is 6.86. The number of alkyl halides is 3. The molecule has 4 aliphatic rings. The van der Waals surface area contributed by atoms with Crippen molar-refractivity contribution in [3.05, 3.63) is 34.9 Å². The number of halogens is 3. The second-order valence-electron chi connectivity index (χ2n) is 7.83. The SMILES string of the molecule is C[C@]12C=CC3=C4CCC(=O)C=C4CCC3C1CC[C@@]2(O)C(F)(F)F. The van der Waals surface area contributed by atoms with E-state index >= 15 is 0 Å². The van der Waals surface area contributed by atoms with Crippen molar-refractivity contribution in [1.29, 1.82) is 0 Å². The number of carbonyl (C=O) groups excluding carboxylic acids is 1. The summed E-state index contributed by atoms with van der Waals surface area (Å²) in [7, 11) is 0. The van der Waals surface area contributed by atoms with E-state index in [9.17, 15) is 23.1 Å². The predicted octanol–water partition coefficient (Wildman–Crippen LogP) is 4.26. The molecule has 0 saturated heterocycles. The average Bonchev–Trinajstić information content (AvgIpc) is 2.79. The summed E-state index contributed by atoms with van der Waals surface area (Å²) in [5, 5.41) is 10.5. The molecule has 1 saturated carbocycles. The number of aliphatic hydroxyl groups is 1. The van der Waals surface area contributed by atoms with Crippen molar-refractivity contribution < 1.29 is 23.1 Å². The van der Waals surface area contributed by atoms with E-state index < -0.39 is 17.2 Å². The van der Waals surface area contributed by atoms with Crippen LogP contribution < -0.4 is 0 Å². The topological polar surface area (TPSA) is 37.3 Å². The normalized spacial score (nSPS) is 41.7. The molecule has 4 aliphatic carbocycles. The minimum Gasteiger partial charge on any atom is -0.380 e. The monoisotopic (exact) mass is 338 g/mol. The Labute approximate surface area is 139 Å². The van der Waals surface area contributed by atoms with Crippen molar-refractivity contribution in [3.63, 3.8) is 0 Å². The summed E-state index contributed by atoms with van der Waals surface area (Å²) >= 11 is 0. The van der Waals surface area contributed by atoms with E-state index in [1.807, 2.05) is 0 Å². The molecular weight excluding hydrogens is 317 g/mol. The molecule has 0 aromatic heterocycles. The van der Waals surface area contributed by atoms with Crippen molar-refractivity contribution >= 4 is 5.78 Å². The second kappa shape index (κ2) is 4.84. The third-order valence-corrected chi connectivity index (χ3v) is 6.86. The standard InChI is InChI=1S/C19H21F3O2/c1-17-8-6-14-13-5-3-12(23)10-11(13)2-4-15(14)16(17)7-9-18(17,24)19(20,21)22/h6,8,10,15-16,24H,2-5,7,9H2,1H3/t15?,16?,17-,18-/m0/s1. The van der Waals surface area contributed by atoms with E-state index in [0.29, 0.717) is 19.3 Å². The van der Waals surface area contributed by atoms with E-state index in [4.69, 9.17) is 0 Å². The van der Waals surface area contributed by atoms with Gasteiger partial charge in [0, 0.05) is 11.8 Å². The highest BCUT2D eigenvalue weighted by molar-refractivity contribution is 5.93. The summed E-state index contributed by atoms with van der Waals surface area (Å²) in [6, 6.07) is 0. The van der Waals surface area contributed by atoms with E-state index in [2.05, 4.69) is 0 Å². The van der Waals surface area contributed by atoms with Crippen LogP contribution in [0.1, 0.15) is 45.4 Å². The predicted molar refractivity (Wildman–Crippen MR) is 83.0 cm³/mol. The smallest absolute Gasteiger partial charge is 0.380 e. The van der Waals surface area contributed by atoms with Gasteiger partial charge in [0.1, 0.15) is 0 Å². The van der Waals surface area contributed by atoms with Crippen LogP contribution >= 0.6 is 0 Å². The van der Waals surface area contributed by atoms with E-state index in [1.165, 1.54) is 0 Å². The third kappa shape index (κ3) is 1.91. The van der Waals surface area contributed by atoms with Gasteiger partial charge in [-0.05, 0) is 66.7 Å². The minimum absolute atomic E-state index is 0.0525. The Hall–Kier alpha value is -1.36. The number of hydrogen-bond acceptors (Lipinski definition) is 2. The van der Waals surface area contributed by atoms with Crippen LogP contribution in [0, 0.1) is 17.3 Å². The van der Waals surface area contributed by atoms with E-state index in [1.54, 1.807) is 25.2 Å². The van der Waals surface area contributed by atoms with Gasteiger partial charge in [-0.2, -0.15) is 13.2 Å². The molecule has 24 heavy (non-hydrogen) atoms. The first-order valence-electron chi connectivity index (χ1n) is 8.62. The number of fused-ring (bicyclic) bond motifs is 4. The molecule has 0 aromatic rings. The minimum atomic E-state index is -4.62. The van der Waals surface area contributed by atoms with Crippen LogP contribution in [0.3, 0.4) is 0 Å². The van der Waals surface area contributed by atoms with Gasteiger partial charge in [-0.25, -0.2) is 0 Å². The Balaban J connectivity index is 1.82. The summed E-state index contributed by atoms with van der Waals surface area (Å²) in [6.07, 6.45) is 3.32. The summed E-state index contributed by atoms with van der Waals surface area (Å²) < 4.78 is 40.7. The summed E-state index contributed by atoms with van der Waals surface area (Å²) in [5.74, 6) is -0.00253. The zero-order chi connectivity index (χ0) is 17.3. The second-order valence-corrected chi connectivity index (χ2v) is 7.83. The van der Waals surface area contributed by atoms with E-state index in [-0.39, 0.29) is 24.0 Å². The Morgan fingerprint density at radius 2 is 1.96 bits per heavy atom. The Morgan fingerprint density at radius 1 is 1.21 bits per heavy atom. The van der Waals surface area contributed by atoms with Crippen molar-refractivity contribution in [1.82, 2.24) is 0 Å². The molecule has 2 unspecified atom stereocenters. The molecule has 1 fully saturated rings. The molecule has 0 heterocycles. The van der Waals surface area contributed by atoms with Crippen LogP contribution in [-0.4, -0.2) is 22.7 Å². The number of rotatable bonds is 0. The van der Waals surface area contributed by atoms with Gasteiger partial charge in [0.25, 0.3) is 0 Å². The van der Waals surface area contributed by atoms with Crippen molar-refractivity contribution in [3.8, 4) is 0 Å². The van der Waals surface area contributed by atoms with Crippen molar-refractivity contribution in [2.45, 2.75) is 57.2 Å². The van der Waals surface area contributed by atoms with E-state index in [0.717, 1.165) is 29.6 Å². The van der Waals surface area contributed by atoms with Crippen molar-refractivity contribution in [2.24, 2.45) is 17.3 Å². The maximum atomic E-state index is 13.6. The number of ketones is 1. The number of carbonyl (C=O) groups is 1. The van der Waals surface area contributed by atoms with Gasteiger partial charge in [0.05, 0.1) is 0 Å². The quantitative estimate of drug-likeness (QED) is 0.716. The zero-order valence-corrected chi connectivity index (χ0v) is 13.6. The largest absolute Gasteiger partial charge is 0.418 e. The maximum absolute atomic E-state index is 13.6. The summed E-state index contributed by atoms with van der Waals surface area (Å²) in [5.41, 5.74) is -0.586. The molecule has 0 aromatic carbocycles. The molecule has 0 spiro atoms. The molecule has 0 bridgehead atoms. The van der Waals surface area contributed by atoms with Gasteiger partial charge in [0.15, 0.2) is 11.4 Å². The lowest BCUT2D eigenvalue weighted by Gasteiger charge is -2.48. The summed E-state index contributed by atoms with van der Waals surface area (Å²) in [6.45, 7) is 1.56. The molecule has 130 valence electrons. The van der Waals surface area contributed by atoms with Crippen LogP contribution in [0.15, 0.2) is 34.9 Å². The lowest BCUT2D eigenvalue weighted by atomic mass is 9.58. The molecule has 4 rings (SSSR count). The maximum Gasteiger partial charge on any atom is 0.418 e. The first-order valence-corrected chi connectivity index (χ1v) is 8.62. The van der Waals surface area contributed by atoms with Crippen LogP contribution in [0.4, 0.5) is 13.2 Å². The first kappa shape index (κ1) is 16.1. The van der Waals surface area contributed by atoms with Gasteiger partial charge >= 0.3 is 6.18 Å². The lowest BCUT2D eigenvalue weighted by molar-refractivity contribution is -0.287. The zero-order valence-electron chi connectivity index (χ0n) is 13.6. The molecule has 1 N–H and O–H groups in total. The van der Waals surface area contributed by atoms with Crippen LogP contribution in [0.2, 0.25) is 0 Å². The summed E-state index contributed by atoms with van der Waals surface area (Å²) in [4.78, 5) is 11.6. The Bertz CT molecular complexity index is 700. The van der Waals surface area contributed by atoms with Crippen molar-refractivity contribution in [2.75, 3.05) is 0 Å². The number of allylic oxidation sites excluding steroid dienone is 5. The highest BCUT2D eigenvalue weighted by Gasteiger charge is 2.70. The van der Waals surface area contributed by atoms with Gasteiger partial charge < -0.3 is 5.11 Å². The molecule has 5 heteroatoms. The van der Waals surface area contributed by atoms with Crippen LogP contribution in [0.25, 0.3) is 0 Å². The fourth-order valence-electron chi connectivity index (χ4n) is 5.48. The highest BCUT2D eigenvalue weighted by Crippen LogP contribution is 2.64. The fourth-order valence-corrected chi connectivity index (χ4v) is 5.48. The lowest BCUT2D eigenvalue weighted by Crippen LogP contribution is -2.56. The molecule has 0 aliphatic heterocycles. The molecule has 4 atom stereocenters. The first-order chi connectivity index (χ1) is 11.2. The Kier molecular flexibility index (Phi) is 3.25. The van der Waals surface area contributed by atoms with Crippen LogP contribution in [-0.2, 0) is 4.79 Å². The van der Waals surface area contributed by atoms with Crippen LogP contribution in [0.5, 0.6) is 0 Å². The number of hydrogen-bond donors (Lipinski definition) is 1. The van der Waals surface area contributed by atoms with Gasteiger partial charge in [0.2, 0.25) is 0 Å². The highest BCUT2D eigenvalue weighted by atomic mass is 19.4. The average molecular weight is 338 g/mol. The Morgan fingerprint density at radius 3 is 2.67 bits per heavy atom. The molecule has 0 amide bonds. The molecular formula is C19H21F3O2. The fraction of sp³-hybridized carbons (Fsp3) is 0.632. The molecule has 0 radical (unpaired) electrons. The van der Waals surface area contributed by atoms with Gasteiger partial charge in [-0.3, -0.25) is 4.79 Å². The van der Waals surface area contributed by atoms with Gasteiger partial charge in [-0.15, -0.1) is 0 Å². The van der Waals surface area contributed by atoms with Gasteiger partial charge in [-0.1, -0.05) is 19.1 Å². The molecule has 2 nitrogen and oxygen atoms in total.